The van der Waals surface area contributed by atoms with Gasteiger partial charge in [-0.15, -0.1) is 0 Å². The molecule has 0 spiro atoms. The molecule has 104 valence electrons. The van der Waals surface area contributed by atoms with E-state index in [1.165, 1.54) is 37.7 Å². The van der Waals surface area contributed by atoms with Crippen LogP contribution in [0.1, 0.15) is 43.4 Å². The van der Waals surface area contributed by atoms with Crippen LogP contribution < -0.4 is 16.0 Å². The van der Waals surface area contributed by atoms with Crippen LogP contribution in [0.2, 0.25) is 0 Å². The Labute approximate surface area is 114 Å². The summed E-state index contributed by atoms with van der Waals surface area (Å²) in [6, 6.07) is 0.606. The Balaban J connectivity index is 1.92. The number of nitrogens with zero attached hydrogens (tertiary/aromatic N) is 3. The molecule has 0 atom stereocenters. The molecule has 3 N–H and O–H groups in total. The molecule has 0 amide bonds. The zero-order valence-electron chi connectivity index (χ0n) is 11.7. The third-order valence-corrected chi connectivity index (χ3v) is 4.39. The average molecular weight is 261 g/mol. The van der Waals surface area contributed by atoms with Gasteiger partial charge in [0.25, 0.3) is 0 Å². The molecule has 3 rings (SSSR count). The van der Waals surface area contributed by atoms with E-state index in [4.69, 9.17) is 5.73 Å². The molecule has 1 saturated carbocycles. The topological polar surface area (TPSA) is 67.1 Å². The SMILES string of the molecule is CN(c1nc(N)nc2c1CNCC2)C1CCCCC1. The first-order chi connectivity index (χ1) is 9.25. The fraction of sp³-hybridized carbons (Fsp3) is 0.714. The monoisotopic (exact) mass is 261 g/mol. The Hall–Kier alpha value is -1.36. The molecule has 0 bridgehead atoms. The number of aromatic nitrogens is 2. The second-order valence-corrected chi connectivity index (χ2v) is 5.66. The van der Waals surface area contributed by atoms with E-state index in [1.807, 2.05) is 0 Å². The summed E-state index contributed by atoms with van der Waals surface area (Å²) in [5.74, 6) is 1.46. The Kier molecular flexibility index (Phi) is 3.55. The molecule has 1 aliphatic heterocycles. The van der Waals surface area contributed by atoms with E-state index < -0.39 is 0 Å². The summed E-state index contributed by atoms with van der Waals surface area (Å²) in [6.45, 7) is 1.85. The molecule has 5 nitrogen and oxygen atoms in total. The highest BCUT2D eigenvalue weighted by Gasteiger charge is 2.24. The van der Waals surface area contributed by atoms with Crippen LogP contribution in [0.5, 0.6) is 0 Å². The van der Waals surface area contributed by atoms with E-state index in [1.54, 1.807) is 0 Å². The minimum Gasteiger partial charge on any atom is -0.368 e. The van der Waals surface area contributed by atoms with Crippen molar-refractivity contribution in [3.63, 3.8) is 0 Å². The zero-order chi connectivity index (χ0) is 13.2. The number of hydrogen-bond donors (Lipinski definition) is 2. The molecule has 0 saturated heterocycles. The van der Waals surface area contributed by atoms with Gasteiger partial charge in [0.05, 0.1) is 5.69 Å². The number of nitrogen functional groups attached to an aromatic ring is 1. The van der Waals surface area contributed by atoms with Crippen LogP contribution >= 0.6 is 0 Å². The summed E-state index contributed by atoms with van der Waals surface area (Å²) in [5, 5.41) is 3.41. The lowest BCUT2D eigenvalue weighted by Crippen LogP contribution is -2.37. The van der Waals surface area contributed by atoms with Gasteiger partial charge in [-0.1, -0.05) is 19.3 Å². The van der Waals surface area contributed by atoms with Crippen molar-refractivity contribution in [2.75, 3.05) is 24.2 Å². The Morgan fingerprint density at radius 1 is 1.21 bits per heavy atom. The van der Waals surface area contributed by atoms with Gasteiger partial charge in [-0.3, -0.25) is 0 Å². The molecule has 0 radical (unpaired) electrons. The smallest absolute Gasteiger partial charge is 0.222 e. The van der Waals surface area contributed by atoms with Gasteiger partial charge in [0, 0.05) is 38.2 Å². The van der Waals surface area contributed by atoms with Gasteiger partial charge in [-0.2, -0.15) is 4.98 Å². The van der Waals surface area contributed by atoms with Crippen LogP contribution in [0.25, 0.3) is 0 Å². The lowest BCUT2D eigenvalue weighted by atomic mass is 9.94. The molecule has 1 aromatic heterocycles. The second-order valence-electron chi connectivity index (χ2n) is 5.66. The normalized spacial score (nSPS) is 20.1. The molecule has 0 unspecified atom stereocenters. The maximum absolute atomic E-state index is 5.88. The van der Waals surface area contributed by atoms with Crippen molar-refractivity contribution < 1.29 is 0 Å². The van der Waals surface area contributed by atoms with Crippen molar-refractivity contribution in [1.82, 2.24) is 15.3 Å². The molecule has 2 aliphatic rings. The minimum atomic E-state index is 0.415. The summed E-state index contributed by atoms with van der Waals surface area (Å²) in [4.78, 5) is 11.3. The highest BCUT2D eigenvalue weighted by atomic mass is 15.2. The first-order valence-corrected chi connectivity index (χ1v) is 7.34. The Morgan fingerprint density at radius 3 is 2.79 bits per heavy atom. The first kappa shape index (κ1) is 12.7. The maximum atomic E-state index is 5.88. The number of rotatable bonds is 2. The molecule has 0 aromatic carbocycles. The molecule has 1 aromatic rings. The van der Waals surface area contributed by atoms with E-state index in [2.05, 4.69) is 27.2 Å². The van der Waals surface area contributed by atoms with E-state index >= 15 is 0 Å². The molecular formula is C14H23N5. The van der Waals surface area contributed by atoms with Gasteiger partial charge in [0.15, 0.2) is 0 Å². The minimum absolute atomic E-state index is 0.415. The molecule has 1 aliphatic carbocycles. The van der Waals surface area contributed by atoms with Gasteiger partial charge in [0.1, 0.15) is 5.82 Å². The Bertz CT molecular complexity index is 453. The van der Waals surface area contributed by atoms with Gasteiger partial charge >= 0.3 is 0 Å². The van der Waals surface area contributed by atoms with Gasteiger partial charge in [0.2, 0.25) is 5.95 Å². The van der Waals surface area contributed by atoms with Crippen molar-refractivity contribution in [2.45, 2.75) is 51.1 Å². The number of nitrogens with two attached hydrogens (primary N) is 1. The summed E-state index contributed by atoms with van der Waals surface area (Å²) in [7, 11) is 2.16. The largest absolute Gasteiger partial charge is 0.368 e. The average Bonchev–Trinajstić information content (AvgIpc) is 2.46. The lowest BCUT2D eigenvalue weighted by molar-refractivity contribution is 0.424. The second kappa shape index (κ2) is 5.33. The van der Waals surface area contributed by atoms with Crippen LogP contribution in [0.4, 0.5) is 11.8 Å². The van der Waals surface area contributed by atoms with Crippen LogP contribution in [0.15, 0.2) is 0 Å². The summed E-state index contributed by atoms with van der Waals surface area (Å²) < 4.78 is 0. The standard InChI is InChI=1S/C14H23N5/c1-19(10-5-3-2-4-6-10)13-11-9-16-8-7-12(11)17-14(15)18-13/h10,16H,2-9H2,1H3,(H2,15,17,18). The van der Waals surface area contributed by atoms with E-state index in [0.29, 0.717) is 12.0 Å². The van der Waals surface area contributed by atoms with E-state index in [9.17, 15) is 0 Å². The van der Waals surface area contributed by atoms with Crippen molar-refractivity contribution >= 4 is 11.8 Å². The first-order valence-electron chi connectivity index (χ1n) is 7.34. The van der Waals surface area contributed by atoms with E-state index in [-0.39, 0.29) is 0 Å². The van der Waals surface area contributed by atoms with Gasteiger partial charge in [-0.25, -0.2) is 4.98 Å². The maximum Gasteiger partial charge on any atom is 0.222 e. The number of anilines is 2. The lowest BCUT2D eigenvalue weighted by Gasteiger charge is -2.34. The van der Waals surface area contributed by atoms with Crippen molar-refractivity contribution in [2.24, 2.45) is 0 Å². The van der Waals surface area contributed by atoms with Crippen LogP contribution in [0.3, 0.4) is 0 Å². The summed E-state index contributed by atoms with van der Waals surface area (Å²) >= 11 is 0. The van der Waals surface area contributed by atoms with Gasteiger partial charge in [-0.05, 0) is 12.8 Å². The highest BCUT2D eigenvalue weighted by Crippen LogP contribution is 2.29. The molecule has 19 heavy (non-hydrogen) atoms. The van der Waals surface area contributed by atoms with Crippen LogP contribution in [-0.2, 0) is 13.0 Å². The van der Waals surface area contributed by atoms with Crippen molar-refractivity contribution in [3.8, 4) is 0 Å². The van der Waals surface area contributed by atoms with Crippen LogP contribution in [-0.4, -0.2) is 29.6 Å². The number of hydrogen-bond acceptors (Lipinski definition) is 5. The molecule has 1 fully saturated rings. The number of nitrogens with one attached hydrogen (secondary N) is 1. The third-order valence-electron chi connectivity index (χ3n) is 4.39. The third kappa shape index (κ3) is 2.52. The van der Waals surface area contributed by atoms with Gasteiger partial charge < -0.3 is 16.0 Å². The fourth-order valence-electron chi connectivity index (χ4n) is 3.28. The summed E-state index contributed by atoms with van der Waals surface area (Å²) in [6.07, 6.45) is 7.51. The molecule has 5 heteroatoms. The molecular weight excluding hydrogens is 238 g/mol. The number of fused-ring (bicyclic) bond motifs is 1. The molecule has 2 heterocycles. The quantitative estimate of drug-likeness (QED) is 0.844. The highest BCUT2D eigenvalue weighted by molar-refractivity contribution is 5.53. The Morgan fingerprint density at radius 2 is 2.00 bits per heavy atom. The van der Waals surface area contributed by atoms with Crippen molar-refractivity contribution in [1.29, 1.82) is 0 Å². The zero-order valence-corrected chi connectivity index (χ0v) is 11.7. The predicted octanol–water partition coefficient (Wildman–Crippen LogP) is 1.47. The summed E-state index contributed by atoms with van der Waals surface area (Å²) in [5.41, 5.74) is 8.25. The van der Waals surface area contributed by atoms with Crippen molar-refractivity contribution in [3.05, 3.63) is 11.3 Å². The fourth-order valence-corrected chi connectivity index (χ4v) is 3.28. The van der Waals surface area contributed by atoms with Crippen LogP contribution in [0, 0.1) is 0 Å². The predicted molar refractivity (Wildman–Crippen MR) is 77.1 cm³/mol. The van der Waals surface area contributed by atoms with E-state index in [0.717, 1.165) is 31.0 Å².